The van der Waals surface area contributed by atoms with Gasteiger partial charge in [0.1, 0.15) is 0 Å². The second-order valence-corrected chi connectivity index (χ2v) is 8.77. The van der Waals surface area contributed by atoms with Crippen LogP contribution in [0.2, 0.25) is 0 Å². The first-order chi connectivity index (χ1) is 11.1. The van der Waals surface area contributed by atoms with Crippen LogP contribution in [-0.4, -0.2) is 62.4 Å². The standard InChI is InChI=1S/C17H26N2O4S/c1-12-9-15(17(20)21)10-16(13(12)2)24(22,23)19(4)11-14-5-7-18(3)8-6-14/h9-10,14H,5-8,11H2,1-4H3,(H,20,21). The number of carbonyl (C=O) groups is 1. The van der Waals surface area contributed by atoms with Crippen LogP contribution in [0.5, 0.6) is 0 Å². The second-order valence-electron chi connectivity index (χ2n) is 6.75. The van der Waals surface area contributed by atoms with Crippen LogP contribution in [-0.2, 0) is 10.0 Å². The Morgan fingerprint density at radius 3 is 2.42 bits per heavy atom. The molecule has 0 radical (unpaired) electrons. The lowest BCUT2D eigenvalue weighted by Crippen LogP contribution is -2.38. The van der Waals surface area contributed by atoms with Crippen LogP contribution in [0.15, 0.2) is 17.0 Å². The van der Waals surface area contributed by atoms with Crippen molar-refractivity contribution in [3.8, 4) is 0 Å². The number of sulfonamides is 1. The minimum absolute atomic E-state index is 0.00404. The summed E-state index contributed by atoms with van der Waals surface area (Å²) in [6.07, 6.45) is 1.95. The van der Waals surface area contributed by atoms with E-state index in [-0.39, 0.29) is 10.5 Å². The van der Waals surface area contributed by atoms with Crippen molar-refractivity contribution in [1.29, 1.82) is 0 Å². The van der Waals surface area contributed by atoms with Gasteiger partial charge in [-0.2, -0.15) is 0 Å². The van der Waals surface area contributed by atoms with E-state index in [4.69, 9.17) is 0 Å². The summed E-state index contributed by atoms with van der Waals surface area (Å²) >= 11 is 0. The average molecular weight is 354 g/mol. The molecule has 1 aromatic carbocycles. The quantitative estimate of drug-likeness (QED) is 0.875. The van der Waals surface area contributed by atoms with E-state index in [1.165, 1.54) is 16.4 Å². The molecule has 0 aliphatic carbocycles. The summed E-state index contributed by atoms with van der Waals surface area (Å²) in [6, 6.07) is 2.78. The lowest BCUT2D eigenvalue weighted by atomic mass is 9.97. The zero-order valence-corrected chi connectivity index (χ0v) is 15.6. The molecule has 1 fully saturated rings. The molecule has 1 N–H and O–H groups in total. The van der Waals surface area contributed by atoms with E-state index < -0.39 is 16.0 Å². The van der Waals surface area contributed by atoms with Gasteiger partial charge in [-0.1, -0.05) is 0 Å². The summed E-state index contributed by atoms with van der Waals surface area (Å²) in [4.78, 5) is 13.6. The molecule has 0 saturated carbocycles. The Morgan fingerprint density at radius 2 is 1.88 bits per heavy atom. The zero-order valence-electron chi connectivity index (χ0n) is 14.7. The van der Waals surface area contributed by atoms with Crippen LogP contribution in [0.25, 0.3) is 0 Å². The molecule has 0 unspecified atom stereocenters. The van der Waals surface area contributed by atoms with E-state index in [1.807, 2.05) is 0 Å². The van der Waals surface area contributed by atoms with Crippen LogP contribution >= 0.6 is 0 Å². The van der Waals surface area contributed by atoms with E-state index in [2.05, 4.69) is 11.9 Å². The maximum atomic E-state index is 12.9. The molecule has 1 aromatic rings. The van der Waals surface area contributed by atoms with Crippen molar-refractivity contribution in [2.24, 2.45) is 5.92 Å². The fourth-order valence-electron chi connectivity index (χ4n) is 3.09. The molecule has 2 rings (SSSR count). The van der Waals surface area contributed by atoms with Gasteiger partial charge >= 0.3 is 5.97 Å². The number of benzene rings is 1. The maximum Gasteiger partial charge on any atom is 0.335 e. The number of carboxylic acids is 1. The van der Waals surface area contributed by atoms with E-state index in [1.54, 1.807) is 20.9 Å². The summed E-state index contributed by atoms with van der Waals surface area (Å²) in [5.74, 6) is -0.780. The first kappa shape index (κ1) is 18.9. The normalized spacial score (nSPS) is 17.4. The summed E-state index contributed by atoms with van der Waals surface area (Å²) in [5, 5.41) is 9.20. The molecule has 134 valence electrons. The highest BCUT2D eigenvalue weighted by Crippen LogP contribution is 2.26. The van der Waals surface area contributed by atoms with Gasteiger partial charge < -0.3 is 10.0 Å². The predicted molar refractivity (Wildman–Crippen MR) is 92.9 cm³/mol. The number of nitrogens with zero attached hydrogens (tertiary/aromatic N) is 2. The van der Waals surface area contributed by atoms with E-state index in [9.17, 15) is 18.3 Å². The lowest BCUT2D eigenvalue weighted by molar-refractivity contribution is 0.0696. The minimum atomic E-state index is -3.70. The Bertz CT molecular complexity index is 722. The lowest BCUT2D eigenvalue weighted by Gasteiger charge is -2.31. The molecule has 24 heavy (non-hydrogen) atoms. The largest absolute Gasteiger partial charge is 0.478 e. The Morgan fingerprint density at radius 1 is 1.29 bits per heavy atom. The maximum absolute atomic E-state index is 12.9. The molecule has 1 aliphatic rings. The van der Waals surface area contributed by atoms with Crippen molar-refractivity contribution in [1.82, 2.24) is 9.21 Å². The number of aromatic carboxylic acids is 1. The van der Waals surface area contributed by atoms with Crippen LogP contribution in [0, 0.1) is 19.8 Å². The predicted octanol–water partition coefficient (Wildman–Crippen LogP) is 1.96. The smallest absolute Gasteiger partial charge is 0.335 e. The van der Waals surface area contributed by atoms with Crippen molar-refractivity contribution < 1.29 is 18.3 Å². The first-order valence-electron chi connectivity index (χ1n) is 8.12. The summed E-state index contributed by atoms with van der Waals surface area (Å²) in [6.45, 7) is 5.87. The molecule has 1 aliphatic heterocycles. The molecule has 0 bridgehead atoms. The number of hydrogen-bond acceptors (Lipinski definition) is 4. The van der Waals surface area contributed by atoms with Crippen molar-refractivity contribution >= 4 is 16.0 Å². The monoisotopic (exact) mass is 354 g/mol. The second kappa shape index (κ2) is 7.21. The van der Waals surface area contributed by atoms with Gasteiger partial charge in [-0.3, -0.25) is 0 Å². The zero-order chi connectivity index (χ0) is 18.1. The van der Waals surface area contributed by atoms with Gasteiger partial charge in [-0.05, 0) is 76.0 Å². The minimum Gasteiger partial charge on any atom is -0.478 e. The number of carboxylic acid groups (broad SMARTS) is 1. The molecule has 6 nitrogen and oxygen atoms in total. The van der Waals surface area contributed by atoms with E-state index in [0.29, 0.717) is 23.6 Å². The number of aryl methyl sites for hydroxylation is 1. The van der Waals surface area contributed by atoms with Crippen molar-refractivity contribution in [3.63, 3.8) is 0 Å². The van der Waals surface area contributed by atoms with Gasteiger partial charge in [0.25, 0.3) is 0 Å². The van der Waals surface area contributed by atoms with Gasteiger partial charge in [0.15, 0.2) is 0 Å². The molecule has 0 spiro atoms. The third-order valence-corrected chi connectivity index (χ3v) is 6.86. The highest BCUT2D eigenvalue weighted by Gasteiger charge is 2.28. The van der Waals surface area contributed by atoms with Gasteiger partial charge in [0, 0.05) is 13.6 Å². The van der Waals surface area contributed by atoms with E-state index in [0.717, 1.165) is 25.9 Å². The van der Waals surface area contributed by atoms with Gasteiger partial charge in [0.05, 0.1) is 10.5 Å². The fraction of sp³-hybridized carbons (Fsp3) is 0.588. The molecule has 7 heteroatoms. The molecule has 0 aromatic heterocycles. The third-order valence-electron chi connectivity index (χ3n) is 4.91. The van der Waals surface area contributed by atoms with Crippen molar-refractivity contribution in [3.05, 3.63) is 28.8 Å². The van der Waals surface area contributed by atoms with Crippen LogP contribution in [0.3, 0.4) is 0 Å². The molecule has 0 amide bonds. The van der Waals surface area contributed by atoms with E-state index >= 15 is 0 Å². The molecular formula is C17H26N2O4S. The van der Waals surface area contributed by atoms with Crippen molar-refractivity contribution in [2.45, 2.75) is 31.6 Å². The summed E-state index contributed by atoms with van der Waals surface area (Å²) in [7, 11) is -0.0558. The molecular weight excluding hydrogens is 328 g/mol. The highest BCUT2D eigenvalue weighted by molar-refractivity contribution is 7.89. The molecule has 1 saturated heterocycles. The van der Waals surface area contributed by atoms with Gasteiger partial charge in [-0.25, -0.2) is 17.5 Å². The number of hydrogen-bond donors (Lipinski definition) is 1. The molecule has 1 heterocycles. The summed E-state index contributed by atoms with van der Waals surface area (Å²) < 4.78 is 27.3. The van der Waals surface area contributed by atoms with Crippen molar-refractivity contribution in [2.75, 3.05) is 33.7 Å². The Labute approximate surface area is 144 Å². The Hall–Kier alpha value is -1.44. The highest BCUT2D eigenvalue weighted by atomic mass is 32.2. The number of piperidine rings is 1. The Kier molecular flexibility index (Phi) is 5.67. The topological polar surface area (TPSA) is 77.9 Å². The van der Waals surface area contributed by atoms with Gasteiger partial charge in [0.2, 0.25) is 10.0 Å². The average Bonchev–Trinajstić information content (AvgIpc) is 2.51. The molecule has 0 atom stereocenters. The number of likely N-dealkylation sites (tertiary alicyclic amines) is 1. The van der Waals surface area contributed by atoms with Crippen LogP contribution in [0.4, 0.5) is 0 Å². The fourth-order valence-corrected chi connectivity index (χ4v) is 4.66. The third kappa shape index (κ3) is 3.96. The van der Waals surface area contributed by atoms with Crippen LogP contribution < -0.4 is 0 Å². The van der Waals surface area contributed by atoms with Gasteiger partial charge in [-0.15, -0.1) is 0 Å². The van der Waals surface area contributed by atoms with Crippen LogP contribution in [0.1, 0.15) is 34.3 Å². The Balaban J connectivity index is 2.27. The SMILES string of the molecule is Cc1cc(C(=O)O)cc(S(=O)(=O)N(C)CC2CCN(C)CC2)c1C. The summed E-state index contributed by atoms with van der Waals surface area (Å²) in [5.41, 5.74) is 1.28. The first-order valence-corrected chi connectivity index (χ1v) is 9.56. The number of rotatable bonds is 5.